The first-order chi connectivity index (χ1) is 4.14. The van der Waals surface area contributed by atoms with Crippen molar-refractivity contribution in [1.82, 2.24) is 5.32 Å². The molecule has 0 saturated carbocycles. The van der Waals surface area contributed by atoms with Crippen molar-refractivity contribution in [2.24, 2.45) is 11.7 Å². The van der Waals surface area contributed by atoms with E-state index in [1.807, 2.05) is 0 Å². The molecule has 54 valence electrons. The quantitative estimate of drug-likeness (QED) is 0.534. The minimum absolute atomic E-state index is 0.337. The van der Waals surface area contributed by atoms with E-state index in [1.54, 1.807) is 0 Å². The van der Waals surface area contributed by atoms with Gasteiger partial charge in [-0.1, -0.05) is 0 Å². The van der Waals surface area contributed by atoms with E-state index in [-0.39, 0.29) is 0 Å². The Morgan fingerprint density at radius 2 is 2.33 bits per heavy atom. The third-order valence-electron chi connectivity index (χ3n) is 2.00. The molecule has 1 atom stereocenters. The lowest BCUT2D eigenvalue weighted by molar-refractivity contribution is 0.443. The summed E-state index contributed by atoms with van der Waals surface area (Å²) in [4.78, 5) is 0. The van der Waals surface area contributed by atoms with Crippen LogP contribution in [-0.2, 0) is 0 Å². The van der Waals surface area contributed by atoms with Gasteiger partial charge in [-0.2, -0.15) is 0 Å². The van der Waals surface area contributed by atoms with Crippen LogP contribution in [0.1, 0.15) is 20.3 Å². The van der Waals surface area contributed by atoms with Crippen LogP contribution in [0.3, 0.4) is 0 Å². The van der Waals surface area contributed by atoms with Crippen LogP contribution < -0.4 is 11.1 Å². The number of hydrogen-bond donors (Lipinski definition) is 2. The van der Waals surface area contributed by atoms with Crippen LogP contribution in [0.15, 0.2) is 0 Å². The molecule has 2 heteroatoms. The number of hydrogen-bond acceptors (Lipinski definition) is 2. The summed E-state index contributed by atoms with van der Waals surface area (Å²) in [5.41, 5.74) is 5.85. The van der Waals surface area contributed by atoms with Crippen LogP contribution in [0, 0.1) is 5.92 Å². The fraction of sp³-hybridized carbons (Fsp3) is 1.00. The molecule has 1 saturated heterocycles. The van der Waals surface area contributed by atoms with Crippen LogP contribution in [0.5, 0.6) is 0 Å². The van der Waals surface area contributed by atoms with E-state index < -0.39 is 0 Å². The summed E-state index contributed by atoms with van der Waals surface area (Å²) in [7, 11) is 0. The van der Waals surface area contributed by atoms with Gasteiger partial charge in [-0.25, -0.2) is 0 Å². The molecule has 0 amide bonds. The van der Waals surface area contributed by atoms with Gasteiger partial charge in [0.15, 0.2) is 0 Å². The van der Waals surface area contributed by atoms with Crippen LogP contribution in [-0.4, -0.2) is 18.6 Å². The molecule has 0 spiro atoms. The van der Waals surface area contributed by atoms with Crippen molar-refractivity contribution >= 4 is 0 Å². The Balaban J connectivity index is 2.38. The molecule has 2 nitrogen and oxygen atoms in total. The highest BCUT2D eigenvalue weighted by molar-refractivity contribution is 4.89. The lowest BCUT2D eigenvalue weighted by atomic mass is 9.97. The Kier molecular flexibility index (Phi) is 1.78. The Bertz CT molecular complexity index is 99.1. The van der Waals surface area contributed by atoms with Crippen molar-refractivity contribution in [3.63, 3.8) is 0 Å². The summed E-state index contributed by atoms with van der Waals surface area (Å²) >= 11 is 0. The topological polar surface area (TPSA) is 38.0 Å². The summed E-state index contributed by atoms with van der Waals surface area (Å²) in [6.07, 6.45) is 1.23. The van der Waals surface area contributed by atoms with Gasteiger partial charge >= 0.3 is 0 Å². The van der Waals surface area contributed by atoms with E-state index >= 15 is 0 Å². The average Bonchev–Trinajstić information content (AvgIpc) is 2.10. The standard InChI is InChI=1S/C7H16N2/c1-7(2)3-6(4-8)5-9-7/h6,9H,3-5,8H2,1-2H3. The molecule has 0 aromatic rings. The second-order valence-electron chi connectivity index (χ2n) is 3.57. The lowest BCUT2D eigenvalue weighted by Crippen LogP contribution is -2.31. The maximum atomic E-state index is 5.51. The van der Waals surface area contributed by atoms with Gasteiger partial charge in [0.25, 0.3) is 0 Å². The smallest absolute Gasteiger partial charge is 0.0128 e. The minimum atomic E-state index is 0.337. The fourth-order valence-electron chi connectivity index (χ4n) is 1.45. The van der Waals surface area contributed by atoms with E-state index in [1.165, 1.54) is 6.42 Å². The van der Waals surface area contributed by atoms with Gasteiger partial charge in [0, 0.05) is 5.54 Å². The number of rotatable bonds is 1. The Labute approximate surface area is 56.8 Å². The zero-order chi connectivity index (χ0) is 6.91. The average molecular weight is 128 g/mol. The first-order valence-corrected chi connectivity index (χ1v) is 3.59. The third kappa shape index (κ3) is 1.66. The predicted molar refractivity (Wildman–Crippen MR) is 39.2 cm³/mol. The molecule has 0 aliphatic carbocycles. The van der Waals surface area contributed by atoms with Gasteiger partial charge < -0.3 is 11.1 Å². The molecule has 0 radical (unpaired) electrons. The zero-order valence-corrected chi connectivity index (χ0v) is 6.28. The molecular weight excluding hydrogens is 112 g/mol. The van der Waals surface area contributed by atoms with Crippen molar-refractivity contribution < 1.29 is 0 Å². The third-order valence-corrected chi connectivity index (χ3v) is 2.00. The molecule has 1 fully saturated rings. The van der Waals surface area contributed by atoms with Crippen molar-refractivity contribution in [3.05, 3.63) is 0 Å². The SMILES string of the molecule is CC1(C)CC(CN)CN1. The number of nitrogens with two attached hydrogens (primary N) is 1. The molecule has 0 bridgehead atoms. The van der Waals surface area contributed by atoms with Crippen molar-refractivity contribution in [1.29, 1.82) is 0 Å². The highest BCUT2D eigenvalue weighted by Gasteiger charge is 2.28. The van der Waals surface area contributed by atoms with E-state index in [9.17, 15) is 0 Å². The second-order valence-corrected chi connectivity index (χ2v) is 3.57. The van der Waals surface area contributed by atoms with Crippen molar-refractivity contribution in [2.45, 2.75) is 25.8 Å². The summed E-state index contributed by atoms with van der Waals surface area (Å²) in [5, 5.41) is 3.42. The van der Waals surface area contributed by atoms with E-state index in [0.717, 1.165) is 13.1 Å². The maximum absolute atomic E-state index is 5.51. The monoisotopic (exact) mass is 128 g/mol. The van der Waals surface area contributed by atoms with Gasteiger partial charge in [-0.15, -0.1) is 0 Å². The highest BCUT2D eigenvalue weighted by atomic mass is 15.0. The van der Waals surface area contributed by atoms with Crippen molar-refractivity contribution in [2.75, 3.05) is 13.1 Å². The molecule has 0 aromatic heterocycles. The Morgan fingerprint density at radius 3 is 2.56 bits per heavy atom. The summed E-state index contributed by atoms with van der Waals surface area (Å²) in [6, 6.07) is 0. The molecule has 9 heavy (non-hydrogen) atoms. The molecule has 1 rings (SSSR count). The molecule has 1 aliphatic rings. The normalized spacial score (nSPS) is 33.0. The molecule has 1 heterocycles. The largest absolute Gasteiger partial charge is 0.330 e. The minimum Gasteiger partial charge on any atom is -0.330 e. The molecule has 3 N–H and O–H groups in total. The lowest BCUT2D eigenvalue weighted by Gasteiger charge is -2.16. The van der Waals surface area contributed by atoms with E-state index in [4.69, 9.17) is 5.73 Å². The summed E-state index contributed by atoms with van der Waals surface area (Å²) < 4.78 is 0. The Hall–Kier alpha value is -0.0800. The fourth-order valence-corrected chi connectivity index (χ4v) is 1.45. The van der Waals surface area contributed by atoms with Crippen LogP contribution in [0.25, 0.3) is 0 Å². The zero-order valence-electron chi connectivity index (χ0n) is 6.28. The maximum Gasteiger partial charge on any atom is 0.0128 e. The first-order valence-electron chi connectivity index (χ1n) is 3.59. The second kappa shape index (κ2) is 2.27. The molecule has 1 aliphatic heterocycles. The van der Waals surface area contributed by atoms with Crippen LogP contribution >= 0.6 is 0 Å². The van der Waals surface area contributed by atoms with Crippen LogP contribution in [0.2, 0.25) is 0 Å². The number of nitrogens with one attached hydrogen (secondary N) is 1. The van der Waals surface area contributed by atoms with E-state index in [2.05, 4.69) is 19.2 Å². The van der Waals surface area contributed by atoms with Gasteiger partial charge in [0.2, 0.25) is 0 Å². The molecular formula is C7H16N2. The van der Waals surface area contributed by atoms with E-state index in [0.29, 0.717) is 11.5 Å². The van der Waals surface area contributed by atoms with Crippen LogP contribution in [0.4, 0.5) is 0 Å². The summed E-state index contributed by atoms with van der Waals surface area (Å²) in [5.74, 6) is 0.708. The highest BCUT2D eigenvalue weighted by Crippen LogP contribution is 2.21. The van der Waals surface area contributed by atoms with Gasteiger partial charge in [0.05, 0.1) is 0 Å². The van der Waals surface area contributed by atoms with Gasteiger partial charge in [-0.3, -0.25) is 0 Å². The van der Waals surface area contributed by atoms with Crippen molar-refractivity contribution in [3.8, 4) is 0 Å². The molecule has 0 aromatic carbocycles. The Morgan fingerprint density at radius 1 is 1.67 bits per heavy atom. The molecule has 1 unspecified atom stereocenters. The summed E-state index contributed by atoms with van der Waals surface area (Å²) in [6.45, 7) is 6.38. The van der Waals surface area contributed by atoms with Gasteiger partial charge in [-0.05, 0) is 39.3 Å². The van der Waals surface area contributed by atoms with Gasteiger partial charge in [0.1, 0.15) is 0 Å². The predicted octanol–water partition coefficient (Wildman–Crippen LogP) is 0.333. The first kappa shape index (κ1) is 7.03.